The largest absolute Gasteiger partial charge is 0.396 e. The standard InChI is InChI=1S/C32H49N3O3/c1-2-3-4-5-6-7-8-9-10-11-12-19-24-31(37-26-28-20-15-13-16-21-28)32(30(25-36)34-35-33)38-27-29-22-17-14-18-23-29/h13-18,20-23,30-32,36H,2-12,19,24-27H2,1H3. The SMILES string of the molecule is CCCCCCCCCCCCCCC(OCc1ccccc1)C(OCc1ccccc1)C(CO)N=[N+]=[N-]. The van der Waals surface area contributed by atoms with E-state index in [1.165, 1.54) is 64.2 Å². The van der Waals surface area contributed by atoms with Gasteiger partial charge in [0.15, 0.2) is 0 Å². The Balaban J connectivity index is 1.89. The first-order chi connectivity index (χ1) is 18.8. The molecule has 0 bridgehead atoms. The third-order valence-electron chi connectivity index (χ3n) is 7.07. The summed E-state index contributed by atoms with van der Waals surface area (Å²) in [6, 6.07) is 19.3. The average molecular weight is 524 g/mol. The van der Waals surface area contributed by atoms with Crippen LogP contribution in [0.15, 0.2) is 65.8 Å². The van der Waals surface area contributed by atoms with Crippen LogP contribution in [0.2, 0.25) is 0 Å². The van der Waals surface area contributed by atoms with E-state index in [0.717, 1.165) is 30.4 Å². The van der Waals surface area contributed by atoms with E-state index in [9.17, 15) is 5.11 Å². The molecule has 0 aliphatic carbocycles. The molecule has 6 nitrogen and oxygen atoms in total. The third kappa shape index (κ3) is 14.0. The van der Waals surface area contributed by atoms with Crippen molar-refractivity contribution in [2.45, 2.75) is 122 Å². The molecule has 0 aromatic heterocycles. The van der Waals surface area contributed by atoms with E-state index in [1.807, 2.05) is 60.7 Å². The number of rotatable bonds is 23. The van der Waals surface area contributed by atoms with E-state index in [0.29, 0.717) is 13.2 Å². The van der Waals surface area contributed by atoms with E-state index in [2.05, 4.69) is 16.9 Å². The summed E-state index contributed by atoms with van der Waals surface area (Å²) >= 11 is 0. The van der Waals surface area contributed by atoms with Crippen LogP contribution in [-0.2, 0) is 22.7 Å². The number of hydrogen-bond donors (Lipinski definition) is 1. The molecule has 210 valence electrons. The van der Waals surface area contributed by atoms with Crippen molar-refractivity contribution in [1.29, 1.82) is 0 Å². The summed E-state index contributed by atoms with van der Waals surface area (Å²) in [6.07, 6.45) is 15.5. The van der Waals surface area contributed by atoms with Crippen molar-refractivity contribution < 1.29 is 14.6 Å². The lowest BCUT2D eigenvalue weighted by atomic mass is 9.99. The highest BCUT2D eigenvalue weighted by atomic mass is 16.5. The number of benzene rings is 2. The van der Waals surface area contributed by atoms with Gasteiger partial charge in [-0.05, 0) is 23.1 Å². The summed E-state index contributed by atoms with van der Waals surface area (Å²) in [4.78, 5) is 2.98. The van der Waals surface area contributed by atoms with E-state index in [4.69, 9.17) is 15.0 Å². The van der Waals surface area contributed by atoms with Crippen molar-refractivity contribution in [1.82, 2.24) is 0 Å². The van der Waals surface area contributed by atoms with Gasteiger partial charge in [-0.25, -0.2) is 0 Å². The average Bonchev–Trinajstić information content (AvgIpc) is 2.96. The first kappa shape index (κ1) is 31.8. The van der Waals surface area contributed by atoms with E-state index in [-0.39, 0.29) is 12.7 Å². The summed E-state index contributed by atoms with van der Waals surface area (Å²) in [7, 11) is 0. The predicted octanol–water partition coefficient (Wildman–Crippen LogP) is 8.92. The molecule has 0 saturated heterocycles. The zero-order valence-electron chi connectivity index (χ0n) is 23.4. The summed E-state index contributed by atoms with van der Waals surface area (Å²) in [5.41, 5.74) is 11.2. The maximum absolute atomic E-state index is 10.0. The monoisotopic (exact) mass is 523 g/mol. The second-order valence-corrected chi connectivity index (χ2v) is 10.2. The minimum Gasteiger partial charge on any atom is -0.396 e. The molecule has 0 fully saturated rings. The normalized spacial score (nSPS) is 13.5. The van der Waals surface area contributed by atoms with Gasteiger partial charge in [0, 0.05) is 4.91 Å². The summed E-state index contributed by atoms with van der Waals surface area (Å²) < 4.78 is 12.7. The van der Waals surface area contributed by atoms with E-state index < -0.39 is 12.1 Å². The molecule has 2 aromatic rings. The molecule has 38 heavy (non-hydrogen) atoms. The molecule has 0 radical (unpaired) electrons. The smallest absolute Gasteiger partial charge is 0.0948 e. The molecule has 0 spiro atoms. The number of azide groups is 1. The Morgan fingerprint density at radius 3 is 1.66 bits per heavy atom. The van der Waals surface area contributed by atoms with Crippen molar-refractivity contribution in [3.63, 3.8) is 0 Å². The molecule has 2 aromatic carbocycles. The predicted molar refractivity (Wildman–Crippen MR) is 156 cm³/mol. The molecule has 3 unspecified atom stereocenters. The number of aliphatic hydroxyl groups is 1. The highest BCUT2D eigenvalue weighted by molar-refractivity contribution is 5.14. The van der Waals surface area contributed by atoms with Gasteiger partial charge in [0.1, 0.15) is 0 Å². The molecule has 6 heteroatoms. The van der Waals surface area contributed by atoms with Gasteiger partial charge in [-0.1, -0.05) is 150 Å². The van der Waals surface area contributed by atoms with Gasteiger partial charge >= 0.3 is 0 Å². The van der Waals surface area contributed by atoms with Crippen LogP contribution < -0.4 is 0 Å². The van der Waals surface area contributed by atoms with Crippen molar-refractivity contribution >= 4 is 0 Å². The van der Waals surface area contributed by atoms with Crippen molar-refractivity contribution in [2.75, 3.05) is 6.61 Å². The number of ether oxygens (including phenoxy) is 2. The summed E-state index contributed by atoms with van der Waals surface area (Å²) in [5.74, 6) is 0. The Kier molecular flexibility index (Phi) is 18.1. The zero-order chi connectivity index (χ0) is 27.1. The number of aliphatic hydroxyl groups excluding tert-OH is 1. The first-order valence-electron chi connectivity index (χ1n) is 14.7. The fraction of sp³-hybridized carbons (Fsp3) is 0.625. The molecular weight excluding hydrogens is 474 g/mol. The van der Waals surface area contributed by atoms with Gasteiger partial charge in [-0.3, -0.25) is 0 Å². The Labute approximate surface area is 230 Å². The summed E-state index contributed by atoms with van der Waals surface area (Å²) in [5, 5.41) is 13.9. The summed E-state index contributed by atoms with van der Waals surface area (Å²) in [6.45, 7) is 2.80. The van der Waals surface area contributed by atoms with Crippen molar-refractivity contribution in [3.05, 3.63) is 82.2 Å². The fourth-order valence-corrected chi connectivity index (χ4v) is 4.81. The molecule has 0 heterocycles. The Bertz CT molecular complexity index is 859. The van der Waals surface area contributed by atoms with Gasteiger partial charge < -0.3 is 14.6 Å². The van der Waals surface area contributed by atoms with Gasteiger partial charge in [0.2, 0.25) is 0 Å². The van der Waals surface area contributed by atoms with Crippen molar-refractivity contribution in [2.24, 2.45) is 5.11 Å². The third-order valence-corrected chi connectivity index (χ3v) is 7.07. The molecule has 0 amide bonds. The van der Waals surface area contributed by atoms with Crippen LogP contribution in [0.1, 0.15) is 102 Å². The number of nitrogens with zero attached hydrogens (tertiary/aromatic N) is 3. The van der Waals surface area contributed by atoms with Crippen molar-refractivity contribution in [3.8, 4) is 0 Å². The first-order valence-corrected chi connectivity index (χ1v) is 14.7. The lowest BCUT2D eigenvalue weighted by Gasteiger charge is -2.31. The maximum Gasteiger partial charge on any atom is 0.0948 e. The van der Waals surface area contributed by atoms with Gasteiger partial charge in [-0.2, -0.15) is 0 Å². The molecule has 2 rings (SSSR count). The van der Waals surface area contributed by atoms with Crippen LogP contribution in [0.25, 0.3) is 10.4 Å². The lowest BCUT2D eigenvalue weighted by molar-refractivity contribution is -0.104. The molecule has 0 aliphatic heterocycles. The topological polar surface area (TPSA) is 87.5 Å². The van der Waals surface area contributed by atoms with Crippen LogP contribution >= 0.6 is 0 Å². The minimum absolute atomic E-state index is 0.285. The quantitative estimate of drug-likeness (QED) is 0.0682. The molecule has 1 N–H and O–H groups in total. The fourth-order valence-electron chi connectivity index (χ4n) is 4.81. The minimum atomic E-state index is -0.707. The van der Waals surface area contributed by atoms with Gasteiger partial charge in [0.05, 0.1) is 38.1 Å². The number of unbranched alkanes of at least 4 members (excludes halogenated alkanes) is 11. The molecule has 0 aliphatic rings. The maximum atomic E-state index is 10.0. The van der Waals surface area contributed by atoms with Crippen LogP contribution in [0.4, 0.5) is 0 Å². The highest BCUT2D eigenvalue weighted by Crippen LogP contribution is 2.22. The van der Waals surface area contributed by atoms with E-state index >= 15 is 0 Å². The lowest BCUT2D eigenvalue weighted by Crippen LogP contribution is -2.42. The molecule has 3 atom stereocenters. The van der Waals surface area contributed by atoms with Gasteiger partial charge in [-0.15, -0.1) is 0 Å². The zero-order valence-corrected chi connectivity index (χ0v) is 23.4. The number of hydrogen-bond acceptors (Lipinski definition) is 4. The van der Waals surface area contributed by atoms with Crippen LogP contribution in [0.3, 0.4) is 0 Å². The van der Waals surface area contributed by atoms with Crippen LogP contribution in [-0.4, -0.2) is 30.0 Å². The Morgan fingerprint density at radius 2 is 1.18 bits per heavy atom. The van der Waals surface area contributed by atoms with Crippen LogP contribution in [0.5, 0.6) is 0 Å². The van der Waals surface area contributed by atoms with E-state index in [1.54, 1.807) is 0 Å². The molecular formula is C32H49N3O3. The Hall–Kier alpha value is -2.37. The highest BCUT2D eigenvalue weighted by Gasteiger charge is 2.30. The van der Waals surface area contributed by atoms with Crippen LogP contribution in [0, 0.1) is 0 Å². The Morgan fingerprint density at radius 1 is 0.711 bits per heavy atom. The molecule has 0 saturated carbocycles. The second-order valence-electron chi connectivity index (χ2n) is 10.2. The second kappa shape index (κ2) is 21.6. The van der Waals surface area contributed by atoms with Gasteiger partial charge in [0.25, 0.3) is 0 Å².